The van der Waals surface area contributed by atoms with Crippen LogP contribution >= 0.6 is 11.8 Å². The molecule has 0 atom stereocenters. The minimum Gasteiger partial charge on any atom is -0.392 e. The van der Waals surface area contributed by atoms with Crippen molar-refractivity contribution >= 4 is 35.0 Å². The highest BCUT2D eigenvalue weighted by Gasteiger charge is 2.17. The molecule has 0 aliphatic carbocycles. The van der Waals surface area contributed by atoms with E-state index in [0.29, 0.717) is 22.7 Å². The second kappa shape index (κ2) is 6.21. The van der Waals surface area contributed by atoms with E-state index in [1.54, 1.807) is 36.4 Å². The second-order valence-corrected chi connectivity index (χ2v) is 5.88. The van der Waals surface area contributed by atoms with Crippen molar-refractivity contribution in [1.82, 2.24) is 0 Å². The van der Waals surface area contributed by atoms with Crippen molar-refractivity contribution in [2.24, 2.45) is 0 Å². The van der Waals surface area contributed by atoms with Gasteiger partial charge in [-0.15, -0.1) is 11.8 Å². The third kappa shape index (κ3) is 3.13. The number of thioether (sulfide) groups is 1. The summed E-state index contributed by atoms with van der Waals surface area (Å²) < 4.78 is 0. The molecule has 0 aromatic heterocycles. The second-order valence-electron chi connectivity index (χ2n) is 4.86. The molecule has 6 heteroatoms. The van der Waals surface area contributed by atoms with Gasteiger partial charge in [-0.25, -0.2) is 0 Å². The first-order valence-electron chi connectivity index (χ1n) is 6.73. The van der Waals surface area contributed by atoms with Gasteiger partial charge in [-0.2, -0.15) is 0 Å². The van der Waals surface area contributed by atoms with Crippen molar-refractivity contribution in [3.63, 3.8) is 0 Å². The van der Waals surface area contributed by atoms with Gasteiger partial charge >= 0.3 is 0 Å². The van der Waals surface area contributed by atoms with Crippen molar-refractivity contribution < 1.29 is 14.7 Å². The number of hydrogen-bond donors (Lipinski definition) is 3. The van der Waals surface area contributed by atoms with Gasteiger partial charge < -0.3 is 15.7 Å². The molecule has 0 radical (unpaired) electrons. The minimum atomic E-state index is -0.261. The average molecular weight is 314 g/mol. The third-order valence-electron chi connectivity index (χ3n) is 3.24. The molecule has 0 saturated carbocycles. The summed E-state index contributed by atoms with van der Waals surface area (Å²) in [5.74, 6) is 0.0698. The number of nitrogens with one attached hydrogen (secondary N) is 2. The Balaban J connectivity index is 1.80. The summed E-state index contributed by atoms with van der Waals surface area (Å²) in [4.78, 5) is 24.7. The number of aliphatic hydroxyl groups is 1. The SMILES string of the molecule is O=C1CSc2ccc(C(=O)Nc3cccc(CO)c3)cc2N1. The maximum atomic E-state index is 12.3. The van der Waals surface area contributed by atoms with Crippen LogP contribution in [0.4, 0.5) is 11.4 Å². The highest BCUT2D eigenvalue weighted by molar-refractivity contribution is 8.00. The van der Waals surface area contributed by atoms with E-state index in [-0.39, 0.29) is 18.4 Å². The molecular weight excluding hydrogens is 300 g/mol. The molecule has 0 saturated heterocycles. The van der Waals surface area contributed by atoms with E-state index < -0.39 is 0 Å². The molecule has 22 heavy (non-hydrogen) atoms. The van der Waals surface area contributed by atoms with E-state index in [1.807, 2.05) is 6.07 Å². The Morgan fingerprint density at radius 2 is 2.14 bits per heavy atom. The largest absolute Gasteiger partial charge is 0.392 e. The molecule has 0 fully saturated rings. The summed E-state index contributed by atoms with van der Waals surface area (Å²) >= 11 is 1.45. The summed E-state index contributed by atoms with van der Waals surface area (Å²) in [6, 6.07) is 12.3. The van der Waals surface area contributed by atoms with Crippen molar-refractivity contribution in [1.29, 1.82) is 0 Å². The molecular formula is C16H14N2O3S. The van der Waals surface area contributed by atoms with E-state index in [9.17, 15) is 9.59 Å². The Labute approximate surface area is 131 Å². The van der Waals surface area contributed by atoms with Crippen molar-refractivity contribution in [3.8, 4) is 0 Å². The van der Waals surface area contributed by atoms with Crippen molar-refractivity contribution in [3.05, 3.63) is 53.6 Å². The van der Waals surface area contributed by atoms with E-state index in [4.69, 9.17) is 5.11 Å². The normalized spacial score (nSPS) is 13.2. The van der Waals surface area contributed by atoms with Crippen LogP contribution < -0.4 is 10.6 Å². The van der Waals surface area contributed by atoms with Crippen LogP contribution in [0.2, 0.25) is 0 Å². The predicted octanol–water partition coefficient (Wildman–Crippen LogP) is 2.48. The zero-order valence-electron chi connectivity index (χ0n) is 11.6. The van der Waals surface area contributed by atoms with Gasteiger partial charge in [0.25, 0.3) is 5.91 Å². The smallest absolute Gasteiger partial charge is 0.255 e. The number of amides is 2. The van der Waals surface area contributed by atoms with Gasteiger partial charge in [0.15, 0.2) is 0 Å². The van der Waals surface area contributed by atoms with E-state index in [1.165, 1.54) is 11.8 Å². The number of benzene rings is 2. The summed E-state index contributed by atoms with van der Waals surface area (Å²) in [6.45, 7) is -0.0776. The fourth-order valence-corrected chi connectivity index (χ4v) is 2.96. The van der Waals surface area contributed by atoms with Crippen LogP contribution in [0.25, 0.3) is 0 Å². The first-order valence-corrected chi connectivity index (χ1v) is 7.72. The molecule has 2 aromatic rings. The maximum absolute atomic E-state index is 12.3. The number of anilines is 2. The van der Waals surface area contributed by atoms with Gasteiger partial charge in [0, 0.05) is 16.1 Å². The van der Waals surface area contributed by atoms with E-state index >= 15 is 0 Å². The lowest BCUT2D eigenvalue weighted by Gasteiger charge is -2.17. The number of carbonyl (C=O) groups excluding carboxylic acids is 2. The van der Waals surface area contributed by atoms with Crippen LogP contribution in [0.1, 0.15) is 15.9 Å². The number of aliphatic hydroxyl groups excluding tert-OH is 1. The van der Waals surface area contributed by atoms with E-state index in [0.717, 1.165) is 10.5 Å². The Kier molecular flexibility index (Phi) is 4.13. The fraction of sp³-hybridized carbons (Fsp3) is 0.125. The summed E-state index contributed by atoms with van der Waals surface area (Å²) in [5.41, 5.74) is 2.48. The molecule has 0 unspecified atom stereocenters. The molecule has 5 nitrogen and oxygen atoms in total. The molecule has 3 rings (SSSR count). The van der Waals surface area contributed by atoms with Gasteiger partial charge in [0.2, 0.25) is 5.91 Å². The fourth-order valence-electron chi connectivity index (χ4n) is 2.18. The molecule has 1 aliphatic rings. The first-order chi connectivity index (χ1) is 10.7. The van der Waals surface area contributed by atoms with Gasteiger partial charge in [-0.1, -0.05) is 12.1 Å². The van der Waals surface area contributed by atoms with Crippen LogP contribution in [-0.2, 0) is 11.4 Å². The minimum absolute atomic E-state index is 0.0642. The molecule has 2 amide bonds. The van der Waals surface area contributed by atoms with Crippen LogP contribution in [0, 0.1) is 0 Å². The monoisotopic (exact) mass is 314 g/mol. The van der Waals surface area contributed by atoms with Gasteiger partial charge in [0.1, 0.15) is 0 Å². The Hall–Kier alpha value is -2.31. The summed E-state index contributed by atoms with van der Waals surface area (Å²) in [6.07, 6.45) is 0. The molecule has 2 aromatic carbocycles. The van der Waals surface area contributed by atoms with Crippen LogP contribution in [0.15, 0.2) is 47.4 Å². The van der Waals surface area contributed by atoms with Crippen LogP contribution in [0.5, 0.6) is 0 Å². The molecule has 3 N–H and O–H groups in total. The highest BCUT2D eigenvalue weighted by atomic mass is 32.2. The molecule has 0 spiro atoms. The summed E-state index contributed by atoms with van der Waals surface area (Å²) in [7, 11) is 0. The predicted molar refractivity (Wildman–Crippen MR) is 86.1 cm³/mol. The van der Waals surface area contributed by atoms with Crippen LogP contribution in [-0.4, -0.2) is 22.7 Å². The van der Waals surface area contributed by atoms with Gasteiger partial charge in [-0.3, -0.25) is 9.59 Å². The Morgan fingerprint density at radius 3 is 2.95 bits per heavy atom. The Bertz CT molecular complexity index is 746. The molecule has 112 valence electrons. The van der Waals surface area contributed by atoms with Crippen LogP contribution in [0.3, 0.4) is 0 Å². The first kappa shape index (κ1) is 14.6. The topological polar surface area (TPSA) is 78.4 Å². The van der Waals surface area contributed by atoms with Crippen molar-refractivity contribution in [2.45, 2.75) is 11.5 Å². The molecule has 0 bridgehead atoms. The zero-order valence-corrected chi connectivity index (χ0v) is 12.4. The molecule has 1 heterocycles. The zero-order chi connectivity index (χ0) is 15.5. The standard InChI is InChI=1S/C16H14N2O3S/c19-8-10-2-1-3-12(6-10)17-16(21)11-4-5-14-13(7-11)18-15(20)9-22-14/h1-7,19H,8-9H2,(H,17,21)(H,18,20). The molecule has 1 aliphatic heterocycles. The van der Waals surface area contributed by atoms with Crippen molar-refractivity contribution in [2.75, 3.05) is 16.4 Å². The van der Waals surface area contributed by atoms with Gasteiger partial charge in [-0.05, 0) is 35.9 Å². The lowest BCUT2D eigenvalue weighted by atomic mass is 10.1. The van der Waals surface area contributed by atoms with E-state index in [2.05, 4.69) is 10.6 Å². The quantitative estimate of drug-likeness (QED) is 0.813. The average Bonchev–Trinajstić information content (AvgIpc) is 2.54. The lowest BCUT2D eigenvalue weighted by molar-refractivity contribution is -0.113. The lowest BCUT2D eigenvalue weighted by Crippen LogP contribution is -2.19. The third-order valence-corrected chi connectivity index (χ3v) is 4.32. The number of hydrogen-bond acceptors (Lipinski definition) is 4. The maximum Gasteiger partial charge on any atom is 0.255 e. The number of rotatable bonds is 3. The Morgan fingerprint density at radius 1 is 1.27 bits per heavy atom. The number of fused-ring (bicyclic) bond motifs is 1. The highest BCUT2D eigenvalue weighted by Crippen LogP contribution is 2.32. The number of carbonyl (C=O) groups is 2. The summed E-state index contributed by atoms with van der Waals surface area (Å²) in [5, 5.41) is 14.7. The van der Waals surface area contributed by atoms with Gasteiger partial charge in [0.05, 0.1) is 18.0 Å².